The fourth-order valence-corrected chi connectivity index (χ4v) is 1.83. The number of para-hydroxylation sites is 1. The molecule has 1 aromatic carbocycles. The maximum atomic E-state index is 11.0. The molecule has 0 spiro atoms. The van der Waals surface area contributed by atoms with E-state index in [9.17, 15) is 4.79 Å². The predicted octanol–water partition coefficient (Wildman–Crippen LogP) is 2.09. The first kappa shape index (κ1) is 13.1. The van der Waals surface area contributed by atoms with Gasteiger partial charge in [-0.05, 0) is 19.1 Å². The molecule has 19 heavy (non-hydrogen) atoms. The van der Waals surface area contributed by atoms with E-state index in [1.807, 2.05) is 17.7 Å². The van der Waals surface area contributed by atoms with Gasteiger partial charge in [-0.3, -0.25) is 4.79 Å². The number of rotatable bonds is 6. The minimum Gasteiger partial charge on any atom is -0.493 e. The van der Waals surface area contributed by atoms with E-state index in [1.165, 1.54) is 0 Å². The van der Waals surface area contributed by atoms with E-state index in [0.717, 1.165) is 12.1 Å². The molecule has 0 aliphatic rings. The Morgan fingerprint density at radius 3 is 2.89 bits per heavy atom. The number of aromatic nitrogens is 2. The summed E-state index contributed by atoms with van der Waals surface area (Å²) in [7, 11) is 1.55. The summed E-state index contributed by atoms with van der Waals surface area (Å²) in [6.45, 7) is 3.04. The molecule has 2 aromatic rings. The quantitative estimate of drug-likeness (QED) is 0.746. The van der Waals surface area contributed by atoms with Gasteiger partial charge in [-0.15, -0.1) is 0 Å². The Balaban J connectivity index is 2.06. The molecule has 0 aliphatic heterocycles. The zero-order valence-corrected chi connectivity index (χ0v) is 11.0. The van der Waals surface area contributed by atoms with Gasteiger partial charge in [0.05, 0.1) is 19.2 Å². The molecule has 0 radical (unpaired) electrons. The third-order valence-corrected chi connectivity index (χ3v) is 2.86. The van der Waals surface area contributed by atoms with Crippen molar-refractivity contribution in [1.29, 1.82) is 0 Å². The zero-order valence-electron chi connectivity index (χ0n) is 11.0. The summed E-state index contributed by atoms with van der Waals surface area (Å²) in [5, 5.41) is 0. The van der Waals surface area contributed by atoms with Gasteiger partial charge in [0, 0.05) is 12.4 Å². The third-order valence-electron chi connectivity index (χ3n) is 2.86. The van der Waals surface area contributed by atoms with Crippen LogP contribution < -0.4 is 9.47 Å². The molecule has 0 fully saturated rings. The van der Waals surface area contributed by atoms with Crippen LogP contribution in [0.1, 0.15) is 16.2 Å². The van der Waals surface area contributed by atoms with Crippen molar-refractivity contribution in [3.05, 3.63) is 42.0 Å². The lowest BCUT2D eigenvalue weighted by Crippen LogP contribution is -2.10. The summed E-state index contributed by atoms with van der Waals surface area (Å²) in [6.07, 6.45) is 4.40. The molecule has 0 saturated heterocycles. The molecule has 2 rings (SSSR count). The number of hydrogen-bond donors (Lipinski definition) is 0. The number of nitrogens with zero attached hydrogens (tertiary/aromatic N) is 2. The second kappa shape index (κ2) is 6.04. The number of hydrogen-bond acceptors (Lipinski definition) is 4. The fourth-order valence-electron chi connectivity index (χ4n) is 1.83. The predicted molar refractivity (Wildman–Crippen MR) is 70.8 cm³/mol. The van der Waals surface area contributed by atoms with Gasteiger partial charge in [0.15, 0.2) is 17.8 Å². The van der Waals surface area contributed by atoms with Crippen molar-refractivity contribution in [2.45, 2.75) is 13.5 Å². The molecule has 0 saturated carbocycles. The van der Waals surface area contributed by atoms with E-state index < -0.39 is 0 Å². The van der Waals surface area contributed by atoms with E-state index in [-0.39, 0.29) is 0 Å². The van der Waals surface area contributed by atoms with Gasteiger partial charge in [-0.25, -0.2) is 4.98 Å². The van der Waals surface area contributed by atoms with Crippen LogP contribution in [0.25, 0.3) is 0 Å². The average Bonchev–Trinajstić information content (AvgIpc) is 2.84. The first-order valence-corrected chi connectivity index (χ1v) is 5.99. The van der Waals surface area contributed by atoms with Crippen LogP contribution in [0.2, 0.25) is 0 Å². The summed E-state index contributed by atoms with van der Waals surface area (Å²) in [6, 6.07) is 5.23. The summed E-state index contributed by atoms with van der Waals surface area (Å²) >= 11 is 0. The van der Waals surface area contributed by atoms with Crippen LogP contribution in [0, 0.1) is 6.92 Å². The number of benzene rings is 1. The maximum Gasteiger partial charge on any atom is 0.171 e. The second-order valence-electron chi connectivity index (χ2n) is 4.01. The minimum absolute atomic E-state index is 0.443. The Morgan fingerprint density at radius 2 is 2.26 bits per heavy atom. The van der Waals surface area contributed by atoms with Crippen LogP contribution in [-0.4, -0.2) is 29.6 Å². The highest BCUT2D eigenvalue weighted by Crippen LogP contribution is 2.29. The van der Waals surface area contributed by atoms with Crippen molar-refractivity contribution >= 4 is 6.29 Å². The topological polar surface area (TPSA) is 53.4 Å². The fraction of sp³-hybridized carbons (Fsp3) is 0.286. The van der Waals surface area contributed by atoms with E-state index in [2.05, 4.69) is 4.98 Å². The van der Waals surface area contributed by atoms with Gasteiger partial charge in [0.1, 0.15) is 12.4 Å². The highest BCUT2D eigenvalue weighted by atomic mass is 16.5. The number of carbonyl (C=O) groups is 1. The molecule has 0 bridgehead atoms. The smallest absolute Gasteiger partial charge is 0.171 e. The lowest BCUT2D eigenvalue weighted by molar-refractivity contribution is 0.111. The first-order chi connectivity index (χ1) is 9.26. The van der Waals surface area contributed by atoms with E-state index in [1.54, 1.807) is 31.5 Å². The third kappa shape index (κ3) is 2.93. The molecule has 5 heteroatoms. The van der Waals surface area contributed by atoms with Gasteiger partial charge in [-0.1, -0.05) is 6.07 Å². The van der Waals surface area contributed by atoms with Crippen LogP contribution in [0.3, 0.4) is 0 Å². The molecule has 5 nitrogen and oxygen atoms in total. The molecular formula is C14H16N2O3. The summed E-state index contributed by atoms with van der Waals surface area (Å²) < 4.78 is 12.9. The van der Waals surface area contributed by atoms with Crippen molar-refractivity contribution in [2.75, 3.05) is 13.7 Å². The van der Waals surface area contributed by atoms with E-state index >= 15 is 0 Å². The number of aryl methyl sites for hydroxylation is 1. The second-order valence-corrected chi connectivity index (χ2v) is 4.01. The molecule has 0 unspecified atom stereocenters. The normalized spacial score (nSPS) is 10.2. The molecule has 0 atom stereocenters. The van der Waals surface area contributed by atoms with Crippen LogP contribution in [-0.2, 0) is 6.54 Å². The highest BCUT2D eigenvalue weighted by Gasteiger charge is 2.09. The Morgan fingerprint density at radius 1 is 1.42 bits per heavy atom. The molecule has 1 heterocycles. The Hall–Kier alpha value is -2.30. The van der Waals surface area contributed by atoms with Crippen molar-refractivity contribution in [2.24, 2.45) is 0 Å². The van der Waals surface area contributed by atoms with Gasteiger partial charge in [0.25, 0.3) is 0 Å². The molecule has 1 aromatic heterocycles. The van der Waals surface area contributed by atoms with Gasteiger partial charge < -0.3 is 14.0 Å². The Kier molecular flexibility index (Phi) is 4.18. The number of imidazole rings is 1. The van der Waals surface area contributed by atoms with E-state index in [0.29, 0.717) is 30.2 Å². The standard InChI is InChI=1S/C14H16N2O3/c1-11-15-6-7-16(11)8-9-19-14-12(10-17)4-3-5-13(14)18-2/h3-7,10H,8-9H2,1-2H3. The number of aldehydes is 1. The van der Waals surface area contributed by atoms with E-state index in [4.69, 9.17) is 9.47 Å². The minimum atomic E-state index is 0.443. The van der Waals surface area contributed by atoms with Gasteiger partial charge >= 0.3 is 0 Å². The lowest BCUT2D eigenvalue weighted by atomic mass is 10.2. The summed E-state index contributed by atoms with van der Waals surface area (Å²) in [5.41, 5.74) is 0.488. The highest BCUT2D eigenvalue weighted by molar-refractivity contribution is 5.81. The Labute approximate surface area is 111 Å². The number of ether oxygens (including phenoxy) is 2. The average molecular weight is 260 g/mol. The van der Waals surface area contributed by atoms with Crippen molar-refractivity contribution < 1.29 is 14.3 Å². The Bertz CT molecular complexity index is 564. The number of methoxy groups -OCH3 is 1. The number of carbonyl (C=O) groups excluding carboxylic acids is 1. The lowest BCUT2D eigenvalue weighted by Gasteiger charge is -2.13. The molecule has 0 aliphatic carbocycles. The van der Waals surface area contributed by atoms with Crippen molar-refractivity contribution in [3.63, 3.8) is 0 Å². The van der Waals surface area contributed by atoms with Crippen molar-refractivity contribution in [3.8, 4) is 11.5 Å². The summed E-state index contributed by atoms with van der Waals surface area (Å²) in [5.74, 6) is 1.98. The SMILES string of the molecule is COc1cccc(C=O)c1OCCn1ccnc1C. The van der Waals surface area contributed by atoms with Crippen LogP contribution in [0.15, 0.2) is 30.6 Å². The monoisotopic (exact) mass is 260 g/mol. The van der Waals surface area contributed by atoms with Crippen molar-refractivity contribution in [1.82, 2.24) is 9.55 Å². The zero-order chi connectivity index (χ0) is 13.7. The first-order valence-electron chi connectivity index (χ1n) is 5.99. The maximum absolute atomic E-state index is 11.0. The van der Waals surface area contributed by atoms with Crippen LogP contribution in [0.4, 0.5) is 0 Å². The van der Waals surface area contributed by atoms with Crippen LogP contribution in [0.5, 0.6) is 11.5 Å². The van der Waals surface area contributed by atoms with Crippen LogP contribution >= 0.6 is 0 Å². The molecule has 100 valence electrons. The molecular weight excluding hydrogens is 244 g/mol. The van der Waals surface area contributed by atoms with Gasteiger partial charge in [-0.2, -0.15) is 0 Å². The summed E-state index contributed by atoms with van der Waals surface area (Å²) in [4.78, 5) is 15.1. The molecule has 0 N–H and O–H groups in total. The largest absolute Gasteiger partial charge is 0.493 e. The van der Waals surface area contributed by atoms with Gasteiger partial charge in [0.2, 0.25) is 0 Å². The molecule has 0 amide bonds.